The SMILES string of the molecule is Cl.O=S(c1ncc(F)cn1)[C@@H]1CCNC1. The third-order valence-electron chi connectivity index (χ3n) is 2.09. The maximum Gasteiger partial charge on any atom is 0.218 e. The van der Waals surface area contributed by atoms with E-state index in [2.05, 4.69) is 15.3 Å². The molecule has 1 aliphatic heterocycles. The lowest BCUT2D eigenvalue weighted by Crippen LogP contribution is -2.20. The van der Waals surface area contributed by atoms with Crippen LogP contribution < -0.4 is 5.32 Å². The quantitative estimate of drug-likeness (QED) is 0.778. The molecule has 1 aromatic rings. The number of halogens is 2. The Labute approximate surface area is 95.6 Å². The van der Waals surface area contributed by atoms with Crippen LogP contribution in [0.2, 0.25) is 0 Å². The largest absolute Gasteiger partial charge is 0.315 e. The molecule has 2 heterocycles. The maximum atomic E-state index is 12.5. The molecule has 15 heavy (non-hydrogen) atoms. The van der Waals surface area contributed by atoms with Gasteiger partial charge in [0.1, 0.15) is 0 Å². The van der Waals surface area contributed by atoms with Gasteiger partial charge in [0.05, 0.1) is 28.4 Å². The molecule has 0 radical (unpaired) electrons. The second-order valence-corrected chi connectivity index (χ2v) is 4.72. The van der Waals surface area contributed by atoms with Crippen LogP contribution in [0.1, 0.15) is 6.42 Å². The van der Waals surface area contributed by atoms with E-state index in [9.17, 15) is 8.60 Å². The van der Waals surface area contributed by atoms with Gasteiger partial charge in [0.15, 0.2) is 5.82 Å². The van der Waals surface area contributed by atoms with E-state index in [4.69, 9.17) is 0 Å². The fraction of sp³-hybridized carbons (Fsp3) is 0.500. The van der Waals surface area contributed by atoms with Crippen molar-refractivity contribution in [3.8, 4) is 0 Å². The zero-order valence-electron chi connectivity index (χ0n) is 7.85. The van der Waals surface area contributed by atoms with Crippen LogP contribution >= 0.6 is 12.4 Å². The van der Waals surface area contributed by atoms with Gasteiger partial charge in [0.2, 0.25) is 5.16 Å². The van der Waals surface area contributed by atoms with Crippen molar-refractivity contribution in [1.29, 1.82) is 0 Å². The standard InChI is InChI=1S/C8H10FN3OS.ClH/c9-6-3-11-8(12-4-6)14(13)7-1-2-10-5-7;/h3-4,7,10H,1-2,5H2;1H/t7-,14?;/m1./s1. The number of rotatable bonds is 2. The van der Waals surface area contributed by atoms with Gasteiger partial charge in [-0.25, -0.2) is 14.4 Å². The average Bonchev–Trinajstić information content (AvgIpc) is 2.71. The zero-order valence-corrected chi connectivity index (χ0v) is 9.48. The molecule has 1 aromatic heterocycles. The van der Waals surface area contributed by atoms with E-state index in [1.165, 1.54) is 0 Å². The normalized spacial score (nSPS) is 22.1. The predicted octanol–water partition coefficient (Wildman–Crippen LogP) is 0.507. The van der Waals surface area contributed by atoms with Gasteiger partial charge in [-0.1, -0.05) is 0 Å². The number of nitrogens with zero attached hydrogens (tertiary/aromatic N) is 2. The van der Waals surface area contributed by atoms with E-state index < -0.39 is 16.6 Å². The average molecular weight is 252 g/mol. The summed E-state index contributed by atoms with van der Waals surface area (Å²) in [6.07, 6.45) is 2.94. The summed E-state index contributed by atoms with van der Waals surface area (Å²) in [7, 11) is -1.22. The molecule has 0 saturated carbocycles. The number of aromatic nitrogens is 2. The summed E-state index contributed by atoms with van der Waals surface area (Å²) < 4.78 is 24.3. The topological polar surface area (TPSA) is 54.9 Å². The highest BCUT2D eigenvalue weighted by Crippen LogP contribution is 2.11. The molecular weight excluding hydrogens is 241 g/mol. The first-order chi connectivity index (χ1) is 6.77. The van der Waals surface area contributed by atoms with E-state index in [0.717, 1.165) is 25.4 Å². The molecule has 0 aliphatic carbocycles. The van der Waals surface area contributed by atoms with Crippen LogP contribution in [-0.4, -0.2) is 32.5 Å². The summed E-state index contributed by atoms with van der Waals surface area (Å²) in [5, 5.41) is 3.39. The summed E-state index contributed by atoms with van der Waals surface area (Å²) in [5.74, 6) is -0.504. The van der Waals surface area contributed by atoms with E-state index in [0.29, 0.717) is 6.54 Å². The molecule has 1 N–H and O–H groups in total. The summed E-state index contributed by atoms with van der Waals surface area (Å²) >= 11 is 0. The monoisotopic (exact) mass is 251 g/mol. The minimum Gasteiger partial charge on any atom is -0.315 e. The van der Waals surface area contributed by atoms with Gasteiger partial charge in [-0.2, -0.15) is 0 Å². The second kappa shape index (κ2) is 5.48. The second-order valence-electron chi connectivity index (χ2n) is 3.10. The van der Waals surface area contributed by atoms with E-state index in [-0.39, 0.29) is 22.8 Å². The minimum atomic E-state index is -1.22. The molecule has 1 aliphatic rings. The molecule has 0 spiro atoms. The molecule has 84 valence electrons. The molecule has 0 aromatic carbocycles. The number of nitrogens with one attached hydrogen (secondary N) is 1. The molecule has 4 nitrogen and oxygen atoms in total. The van der Waals surface area contributed by atoms with Crippen molar-refractivity contribution in [3.63, 3.8) is 0 Å². The zero-order chi connectivity index (χ0) is 9.97. The van der Waals surface area contributed by atoms with Crippen LogP contribution in [0.4, 0.5) is 4.39 Å². The van der Waals surface area contributed by atoms with Crippen LogP contribution in [0.3, 0.4) is 0 Å². The van der Waals surface area contributed by atoms with E-state index >= 15 is 0 Å². The van der Waals surface area contributed by atoms with Crippen LogP contribution in [-0.2, 0) is 10.8 Å². The predicted molar refractivity (Wildman–Crippen MR) is 56.9 cm³/mol. The van der Waals surface area contributed by atoms with Gasteiger partial charge < -0.3 is 5.32 Å². The first-order valence-electron chi connectivity index (χ1n) is 4.36. The van der Waals surface area contributed by atoms with Gasteiger partial charge in [-0.3, -0.25) is 4.21 Å². The third kappa shape index (κ3) is 2.93. The summed E-state index contributed by atoms with van der Waals surface area (Å²) in [5.41, 5.74) is 0. The summed E-state index contributed by atoms with van der Waals surface area (Å²) in [4.78, 5) is 7.42. The molecule has 1 fully saturated rings. The van der Waals surface area contributed by atoms with Gasteiger partial charge in [-0.15, -0.1) is 12.4 Å². The molecule has 7 heteroatoms. The van der Waals surface area contributed by atoms with Crippen LogP contribution in [0.15, 0.2) is 17.6 Å². The van der Waals surface area contributed by atoms with Gasteiger partial charge in [0.25, 0.3) is 0 Å². The molecule has 1 unspecified atom stereocenters. The highest BCUT2D eigenvalue weighted by molar-refractivity contribution is 7.85. The first kappa shape index (κ1) is 12.5. The van der Waals surface area contributed by atoms with Gasteiger partial charge in [0, 0.05) is 6.54 Å². The van der Waals surface area contributed by atoms with E-state index in [1.54, 1.807) is 0 Å². The Balaban J connectivity index is 0.00000112. The molecule has 0 bridgehead atoms. The van der Waals surface area contributed by atoms with Crippen molar-refractivity contribution in [2.45, 2.75) is 16.8 Å². The van der Waals surface area contributed by atoms with Crippen molar-refractivity contribution in [3.05, 3.63) is 18.2 Å². The van der Waals surface area contributed by atoms with Gasteiger partial charge >= 0.3 is 0 Å². The molecule has 2 rings (SSSR count). The summed E-state index contributed by atoms with van der Waals surface area (Å²) in [6, 6.07) is 0. The molecule has 1 saturated heterocycles. The molecular formula is C8H11ClFN3OS. The minimum absolute atomic E-state index is 0. The Morgan fingerprint density at radius 3 is 2.67 bits per heavy atom. The third-order valence-corrected chi connectivity index (χ3v) is 3.67. The Hall–Kier alpha value is -0.590. The van der Waals surface area contributed by atoms with Crippen LogP contribution in [0.5, 0.6) is 0 Å². The number of hydrogen-bond acceptors (Lipinski definition) is 4. The lowest BCUT2D eigenvalue weighted by molar-refractivity contribution is 0.601. The molecule has 2 atom stereocenters. The fourth-order valence-corrected chi connectivity index (χ4v) is 2.58. The van der Waals surface area contributed by atoms with E-state index in [1.807, 2.05) is 0 Å². The van der Waals surface area contributed by atoms with Gasteiger partial charge in [-0.05, 0) is 13.0 Å². The Morgan fingerprint density at radius 1 is 1.47 bits per heavy atom. The summed E-state index contributed by atoms with van der Waals surface area (Å²) in [6.45, 7) is 1.59. The Bertz CT molecular complexity index is 342. The lowest BCUT2D eigenvalue weighted by Gasteiger charge is -2.05. The maximum absolute atomic E-state index is 12.5. The van der Waals surface area contributed by atoms with Crippen molar-refractivity contribution in [1.82, 2.24) is 15.3 Å². The van der Waals surface area contributed by atoms with Crippen LogP contribution in [0.25, 0.3) is 0 Å². The van der Waals surface area contributed by atoms with Crippen molar-refractivity contribution in [2.75, 3.05) is 13.1 Å². The first-order valence-corrected chi connectivity index (χ1v) is 5.57. The van der Waals surface area contributed by atoms with Crippen molar-refractivity contribution >= 4 is 23.2 Å². The Kier molecular flexibility index (Phi) is 4.56. The van der Waals surface area contributed by atoms with Crippen molar-refractivity contribution in [2.24, 2.45) is 0 Å². The highest BCUT2D eigenvalue weighted by Gasteiger charge is 2.23. The number of hydrogen-bond donors (Lipinski definition) is 1. The smallest absolute Gasteiger partial charge is 0.218 e. The lowest BCUT2D eigenvalue weighted by atomic mass is 10.4. The fourth-order valence-electron chi connectivity index (χ4n) is 1.36. The van der Waals surface area contributed by atoms with Crippen molar-refractivity contribution < 1.29 is 8.60 Å². The molecule has 0 amide bonds. The van der Waals surface area contributed by atoms with Crippen LogP contribution in [0, 0.1) is 5.82 Å². The highest BCUT2D eigenvalue weighted by atomic mass is 35.5. The Morgan fingerprint density at radius 2 is 2.13 bits per heavy atom.